The van der Waals surface area contributed by atoms with Crippen molar-refractivity contribution in [1.29, 1.82) is 0 Å². The van der Waals surface area contributed by atoms with E-state index in [-0.39, 0.29) is 18.4 Å². The van der Waals surface area contributed by atoms with Gasteiger partial charge in [-0.05, 0) is 44.4 Å². The standard InChI is InChI=1S/C26H29NO5/c1-17(9-7-8-12-22(28)29)27-26(30)23-18(2)32-25(20-10-5-4-6-11-20)24(23)19-13-15-21(31-3)16-14-19/h4-6,10-11,13-17H,7-9,12H2,1-3H3,(H,27,30)(H,28,29). The van der Waals surface area contributed by atoms with Crippen LogP contribution in [0, 0.1) is 6.92 Å². The van der Waals surface area contributed by atoms with E-state index in [1.807, 2.05) is 61.5 Å². The van der Waals surface area contributed by atoms with Crippen molar-refractivity contribution in [3.05, 3.63) is 65.9 Å². The van der Waals surface area contributed by atoms with Crippen molar-refractivity contribution in [3.8, 4) is 28.2 Å². The van der Waals surface area contributed by atoms with Crippen LogP contribution in [0.25, 0.3) is 22.5 Å². The summed E-state index contributed by atoms with van der Waals surface area (Å²) in [6, 6.07) is 17.2. The number of unbranched alkanes of at least 4 members (excludes halogenated alkanes) is 1. The Morgan fingerprint density at radius 1 is 1.03 bits per heavy atom. The van der Waals surface area contributed by atoms with Gasteiger partial charge >= 0.3 is 5.97 Å². The summed E-state index contributed by atoms with van der Waals surface area (Å²) in [6.45, 7) is 3.73. The second-order valence-electron chi connectivity index (χ2n) is 7.85. The van der Waals surface area contributed by atoms with Gasteiger partial charge in [-0.2, -0.15) is 0 Å². The van der Waals surface area contributed by atoms with E-state index < -0.39 is 5.97 Å². The summed E-state index contributed by atoms with van der Waals surface area (Å²) in [5.74, 6) is 0.923. The highest BCUT2D eigenvalue weighted by Gasteiger charge is 2.26. The van der Waals surface area contributed by atoms with Crippen LogP contribution in [0.3, 0.4) is 0 Å². The minimum atomic E-state index is -0.798. The number of carboxylic acid groups (broad SMARTS) is 1. The number of carbonyl (C=O) groups is 2. The van der Waals surface area contributed by atoms with Crippen LogP contribution in [-0.2, 0) is 4.79 Å². The number of ether oxygens (including phenoxy) is 1. The molecule has 2 N–H and O–H groups in total. The minimum Gasteiger partial charge on any atom is -0.497 e. The lowest BCUT2D eigenvalue weighted by atomic mass is 9.96. The summed E-state index contributed by atoms with van der Waals surface area (Å²) in [4.78, 5) is 24.0. The zero-order chi connectivity index (χ0) is 23.1. The number of aliphatic carboxylic acids is 1. The number of carboxylic acids is 1. The molecule has 1 heterocycles. The highest BCUT2D eigenvalue weighted by molar-refractivity contribution is 6.05. The Bertz CT molecular complexity index is 1050. The molecule has 1 atom stereocenters. The van der Waals surface area contributed by atoms with Gasteiger partial charge < -0.3 is 19.6 Å². The Hall–Kier alpha value is -3.54. The van der Waals surface area contributed by atoms with Crippen LogP contribution in [-0.4, -0.2) is 30.1 Å². The van der Waals surface area contributed by atoms with Crippen molar-refractivity contribution in [1.82, 2.24) is 5.32 Å². The fourth-order valence-electron chi connectivity index (χ4n) is 3.74. The van der Waals surface area contributed by atoms with Crippen molar-refractivity contribution in [3.63, 3.8) is 0 Å². The number of benzene rings is 2. The lowest BCUT2D eigenvalue weighted by Gasteiger charge is -2.14. The first-order valence-corrected chi connectivity index (χ1v) is 10.8. The van der Waals surface area contributed by atoms with Crippen molar-refractivity contribution in [2.45, 2.75) is 45.6 Å². The molecular weight excluding hydrogens is 406 g/mol. The number of hydrogen-bond donors (Lipinski definition) is 2. The first-order valence-electron chi connectivity index (χ1n) is 10.8. The van der Waals surface area contributed by atoms with E-state index in [9.17, 15) is 9.59 Å². The van der Waals surface area contributed by atoms with Gasteiger partial charge in [0.15, 0.2) is 0 Å². The van der Waals surface area contributed by atoms with E-state index in [4.69, 9.17) is 14.3 Å². The maximum Gasteiger partial charge on any atom is 0.303 e. The molecule has 0 aliphatic rings. The highest BCUT2D eigenvalue weighted by Crippen LogP contribution is 2.39. The van der Waals surface area contributed by atoms with Crippen molar-refractivity contribution in [2.75, 3.05) is 7.11 Å². The molecule has 2 aromatic carbocycles. The predicted molar refractivity (Wildman–Crippen MR) is 124 cm³/mol. The smallest absolute Gasteiger partial charge is 0.303 e. The minimum absolute atomic E-state index is 0.0884. The molecule has 0 fully saturated rings. The highest BCUT2D eigenvalue weighted by atomic mass is 16.5. The topological polar surface area (TPSA) is 88.8 Å². The van der Waals surface area contributed by atoms with E-state index in [0.717, 1.165) is 28.9 Å². The molecule has 0 aliphatic heterocycles. The second kappa shape index (κ2) is 10.7. The van der Waals surface area contributed by atoms with Crippen LogP contribution in [0.1, 0.15) is 48.7 Å². The van der Waals surface area contributed by atoms with E-state index in [1.54, 1.807) is 14.0 Å². The Labute approximate surface area is 188 Å². The molecule has 0 bridgehead atoms. The summed E-state index contributed by atoms with van der Waals surface area (Å²) < 4.78 is 11.4. The Balaban J connectivity index is 1.91. The molecule has 1 unspecified atom stereocenters. The first-order chi connectivity index (χ1) is 15.4. The third-order valence-corrected chi connectivity index (χ3v) is 5.38. The average Bonchev–Trinajstić information content (AvgIpc) is 3.14. The number of rotatable bonds is 10. The summed E-state index contributed by atoms with van der Waals surface area (Å²) in [7, 11) is 1.61. The van der Waals surface area contributed by atoms with Gasteiger partial charge in [0, 0.05) is 23.6 Å². The summed E-state index contributed by atoms with van der Waals surface area (Å²) in [5.41, 5.74) is 3.00. The SMILES string of the molecule is COc1ccc(-c2c(-c3ccccc3)oc(C)c2C(=O)NC(C)CCCCC(=O)O)cc1. The van der Waals surface area contributed by atoms with Gasteiger partial charge in [0.25, 0.3) is 5.91 Å². The van der Waals surface area contributed by atoms with Crippen LogP contribution in [0.15, 0.2) is 59.0 Å². The zero-order valence-electron chi connectivity index (χ0n) is 18.7. The number of hydrogen-bond acceptors (Lipinski definition) is 4. The zero-order valence-corrected chi connectivity index (χ0v) is 18.7. The van der Waals surface area contributed by atoms with Crippen LogP contribution in [0.2, 0.25) is 0 Å². The van der Waals surface area contributed by atoms with Gasteiger partial charge in [-0.1, -0.05) is 48.9 Å². The maximum absolute atomic E-state index is 13.3. The molecule has 1 amide bonds. The molecule has 0 saturated heterocycles. The van der Waals surface area contributed by atoms with Crippen molar-refractivity contribution >= 4 is 11.9 Å². The van der Waals surface area contributed by atoms with Crippen LogP contribution < -0.4 is 10.1 Å². The summed E-state index contributed by atoms with van der Waals surface area (Å²) >= 11 is 0. The molecule has 0 radical (unpaired) electrons. The van der Waals surface area contributed by atoms with Crippen LogP contribution in [0.4, 0.5) is 0 Å². The largest absolute Gasteiger partial charge is 0.497 e. The molecule has 3 aromatic rings. The molecular formula is C26H29NO5. The predicted octanol–water partition coefficient (Wildman–Crippen LogP) is 5.69. The maximum atomic E-state index is 13.3. The number of amides is 1. The van der Waals surface area contributed by atoms with Gasteiger partial charge in [0.2, 0.25) is 0 Å². The summed E-state index contributed by atoms with van der Waals surface area (Å²) in [6.07, 6.45) is 2.18. The molecule has 0 aliphatic carbocycles. The first kappa shape index (κ1) is 23.1. The van der Waals surface area contributed by atoms with Crippen molar-refractivity contribution < 1.29 is 23.8 Å². The molecule has 0 saturated carbocycles. The molecule has 0 spiro atoms. The van der Waals surface area contributed by atoms with E-state index in [2.05, 4.69) is 5.32 Å². The third-order valence-electron chi connectivity index (χ3n) is 5.38. The molecule has 6 heteroatoms. The Kier molecular flexibility index (Phi) is 7.71. The number of carbonyl (C=O) groups excluding carboxylic acids is 1. The summed E-state index contributed by atoms with van der Waals surface area (Å²) in [5, 5.41) is 11.8. The molecule has 32 heavy (non-hydrogen) atoms. The lowest BCUT2D eigenvalue weighted by Crippen LogP contribution is -2.33. The Morgan fingerprint density at radius 3 is 2.34 bits per heavy atom. The molecule has 168 valence electrons. The number of furan rings is 1. The fraction of sp³-hybridized carbons (Fsp3) is 0.308. The average molecular weight is 436 g/mol. The van der Waals surface area contributed by atoms with Gasteiger partial charge in [-0.3, -0.25) is 9.59 Å². The van der Waals surface area contributed by atoms with Crippen LogP contribution in [0.5, 0.6) is 5.75 Å². The normalized spacial score (nSPS) is 11.7. The number of aryl methyl sites for hydroxylation is 1. The Morgan fingerprint density at radius 2 is 1.72 bits per heavy atom. The van der Waals surface area contributed by atoms with Gasteiger partial charge in [-0.25, -0.2) is 0 Å². The molecule has 6 nitrogen and oxygen atoms in total. The van der Waals surface area contributed by atoms with E-state index in [0.29, 0.717) is 29.9 Å². The van der Waals surface area contributed by atoms with Gasteiger partial charge in [0.05, 0.1) is 12.7 Å². The number of nitrogens with one attached hydrogen (secondary N) is 1. The van der Waals surface area contributed by atoms with Gasteiger partial charge in [-0.15, -0.1) is 0 Å². The monoisotopic (exact) mass is 435 g/mol. The van der Waals surface area contributed by atoms with E-state index >= 15 is 0 Å². The number of methoxy groups -OCH3 is 1. The van der Waals surface area contributed by atoms with E-state index in [1.165, 1.54) is 0 Å². The molecule has 3 rings (SSSR count). The fourth-order valence-corrected chi connectivity index (χ4v) is 3.74. The quantitative estimate of drug-likeness (QED) is 0.399. The molecule has 1 aromatic heterocycles. The van der Waals surface area contributed by atoms with Gasteiger partial charge in [0.1, 0.15) is 17.3 Å². The second-order valence-corrected chi connectivity index (χ2v) is 7.85. The third kappa shape index (κ3) is 5.58. The van der Waals surface area contributed by atoms with Crippen LogP contribution >= 0.6 is 0 Å². The van der Waals surface area contributed by atoms with Crippen molar-refractivity contribution in [2.24, 2.45) is 0 Å². The lowest BCUT2D eigenvalue weighted by molar-refractivity contribution is -0.137.